The van der Waals surface area contributed by atoms with Crippen LogP contribution in [-0.4, -0.2) is 18.6 Å². The highest BCUT2D eigenvalue weighted by Crippen LogP contribution is 2.30. The summed E-state index contributed by atoms with van der Waals surface area (Å²) in [6.45, 7) is 2.65. The van der Waals surface area contributed by atoms with Crippen LogP contribution in [0.1, 0.15) is 30.6 Å². The molecule has 0 aliphatic heterocycles. The third-order valence-electron chi connectivity index (χ3n) is 3.18. The molecule has 0 aliphatic carbocycles. The largest absolute Gasteiger partial charge is 0.495 e. The molecule has 0 aliphatic rings. The van der Waals surface area contributed by atoms with E-state index in [4.69, 9.17) is 4.74 Å². The Morgan fingerprint density at radius 1 is 1.24 bits per heavy atom. The van der Waals surface area contributed by atoms with Gasteiger partial charge in [-0.1, -0.05) is 19.1 Å². The van der Waals surface area contributed by atoms with Crippen molar-refractivity contribution in [1.82, 2.24) is 10.3 Å². The third-order valence-corrected chi connectivity index (χ3v) is 3.18. The molecular weight excluding hydrogens is 274 g/mol. The molecule has 0 radical (unpaired) electrons. The predicted octanol–water partition coefficient (Wildman–Crippen LogP) is 3.46. The maximum absolute atomic E-state index is 14.1. The van der Waals surface area contributed by atoms with E-state index >= 15 is 0 Å². The minimum atomic E-state index is -0.870. The summed E-state index contributed by atoms with van der Waals surface area (Å²) < 4.78 is 32.9. The van der Waals surface area contributed by atoms with E-state index in [1.54, 1.807) is 24.4 Å². The molecule has 2 aromatic rings. The molecule has 0 fully saturated rings. The van der Waals surface area contributed by atoms with Crippen molar-refractivity contribution in [1.29, 1.82) is 0 Å². The molecule has 1 aromatic carbocycles. The number of rotatable bonds is 6. The summed E-state index contributed by atoms with van der Waals surface area (Å²) in [5, 5.41) is 3.20. The zero-order valence-corrected chi connectivity index (χ0v) is 12.1. The highest BCUT2D eigenvalue weighted by Gasteiger charge is 2.23. The molecule has 3 nitrogen and oxygen atoms in total. The van der Waals surface area contributed by atoms with Gasteiger partial charge in [-0.05, 0) is 31.2 Å². The fourth-order valence-electron chi connectivity index (χ4n) is 2.18. The number of nitrogens with one attached hydrogen (secondary N) is 1. The Kier molecular flexibility index (Phi) is 5.22. The fraction of sp³-hybridized carbons (Fsp3) is 0.312. The average molecular weight is 292 g/mol. The molecule has 1 N–H and O–H groups in total. The van der Waals surface area contributed by atoms with Crippen molar-refractivity contribution >= 4 is 0 Å². The van der Waals surface area contributed by atoms with Gasteiger partial charge in [-0.3, -0.25) is 4.98 Å². The second-order valence-corrected chi connectivity index (χ2v) is 4.62. The lowest BCUT2D eigenvalue weighted by atomic mass is 10.0. The number of pyridine rings is 1. The lowest BCUT2D eigenvalue weighted by Gasteiger charge is -2.21. The van der Waals surface area contributed by atoms with Crippen LogP contribution in [0.4, 0.5) is 8.78 Å². The van der Waals surface area contributed by atoms with Crippen LogP contribution >= 0.6 is 0 Å². The lowest BCUT2D eigenvalue weighted by Crippen LogP contribution is -2.25. The monoisotopic (exact) mass is 292 g/mol. The molecular formula is C16H18F2N2O. The van der Waals surface area contributed by atoms with Crippen molar-refractivity contribution in [2.45, 2.75) is 19.4 Å². The van der Waals surface area contributed by atoms with E-state index in [1.165, 1.54) is 13.2 Å². The zero-order chi connectivity index (χ0) is 15.2. The molecule has 0 bridgehead atoms. The highest BCUT2D eigenvalue weighted by molar-refractivity contribution is 5.37. The van der Waals surface area contributed by atoms with Gasteiger partial charge in [0.2, 0.25) is 0 Å². The Morgan fingerprint density at radius 3 is 2.76 bits per heavy atom. The molecule has 0 saturated heterocycles. The van der Waals surface area contributed by atoms with E-state index in [9.17, 15) is 8.78 Å². The average Bonchev–Trinajstić information content (AvgIpc) is 2.52. The second-order valence-electron chi connectivity index (χ2n) is 4.62. The number of ether oxygens (including phenoxy) is 1. The summed E-state index contributed by atoms with van der Waals surface area (Å²) in [6.07, 6.45) is 2.47. The minimum absolute atomic E-state index is 0.223. The fourth-order valence-corrected chi connectivity index (χ4v) is 2.18. The number of halogens is 2. The zero-order valence-electron chi connectivity index (χ0n) is 12.1. The highest BCUT2D eigenvalue weighted by atomic mass is 19.2. The van der Waals surface area contributed by atoms with E-state index < -0.39 is 17.7 Å². The molecule has 1 atom stereocenters. The number of aromatic nitrogens is 1. The van der Waals surface area contributed by atoms with Crippen LogP contribution in [0.2, 0.25) is 0 Å². The van der Waals surface area contributed by atoms with Gasteiger partial charge in [-0.15, -0.1) is 0 Å². The molecule has 1 aromatic heterocycles. The first-order valence-electron chi connectivity index (χ1n) is 6.85. The van der Waals surface area contributed by atoms with Crippen molar-refractivity contribution in [2.24, 2.45) is 0 Å². The molecule has 1 unspecified atom stereocenters. The van der Waals surface area contributed by atoms with Crippen molar-refractivity contribution in [3.8, 4) is 5.75 Å². The first kappa shape index (κ1) is 15.4. The van der Waals surface area contributed by atoms with E-state index in [0.29, 0.717) is 18.0 Å². The van der Waals surface area contributed by atoms with Gasteiger partial charge in [0.1, 0.15) is 11.4 Å². The van der Waals surface area contributed by atoms with Crippen LogP contribution in [0.25, 0.3) is 0 Å². The van der Waals surface area contributed by atoms with E-state index in [-0.39, 0.29) is 5.56 Å². The summed E-state index contributed by atoms with van der Waals surface area (Å²) in [5.74, 6) is -1.20. The van der Waals surface area contributed by atoms with Gasteiger partial charge >= 0.3 is 0 Å². The van der Waals surface area contributed by atoms with Gasteiger partial charge in [-0.25, -0.2) is 8.78 Å². The second kappa shape index (κ2) is 7.13. The predicted molar refractivity (Wildman–Crippen MR) is 77.3 cm³/mol. The number of methoxy groups -OCH3 is 1. The van der Waals surface area contributed by atoms with Crippen molar-refractivity contribution in [3.05, 3.63) is 59.4 Å². The van der Waals surface area contributed by atoms with Crippen LogP contribution in [0.3, 0.4) is 0 Å². The molecule has 0 spiro atoms. The van der Waals surface area contributed by atoms with E-state index in [1.807, 2.05) is 6.92 Å². The smallest absolute Gasteiger partial charge is 0.163 e. The van der Waals surface area contributed by atoms with Gasteiger partial charge in [0.05, 0.1) is 13.2 Å². The molecule has 0 saturated carbocycles. The summed E-state index contributed by atoms with van der Waals surface area (Å²) in [5.41, 5.74) is 0.762. The van der Waals surface area contributed by atoms with Crippen molar-refractivity contribution < 1.29 is 13.5 Å². The molecule has 0 amide bonds. The summed E-state index contributed by atoms with van der Waals surface area (Å²) >= 11 is 0. The van der Waals surface area contributed by atoms with E-state index in [0.717, 1.165) is 12.5 Å². The first-order valence-corrected chi connectivity index (χ1v) is 6.85. The van der Waals surface area contributed by atoms with Gasteiger partial charge < -0.3 is 10.1 Å². The van der Waals surface area contributed by atoms with Gasteiger partial charge in [0.15, 0.2) is 11.6 Å². The van der Waals surface area contributed by atoms with Gasteiger partial charge in [0.25, 0.3) is 0 Å². The SMILES string of the molecule is CCCNC(c1cccc(F)c1F)c1ncccc1OC. The Morgan fingerprint density at radius 2 is 2.05 bits per heavy atom. The molecule has 21 heavy (non-hydrogen) atoms. The number of hydrogen-bond acceptors (Lipinski definition) is 3. The summed E-state index contributed by atoms with van der Waals surface area (Å²) in [7, 11) is 1.53. The Hall–Kier alpha value is -2.01. The standard InChI is InChI=1S/C16H18F2N2O/c1-3-9-19-15(11-6-4-7-12(17)14(11)18)16-13(21-2)8-5-10-20-16/h4-8,10,15,19H,3,9H2,1-2H3. The maximum Gasteiger partial charge on any atom is 0.163 e. The molecule has 1 heterocycles. The third kappa shape index (κ3) is 3.36. The van der Waals surface area contributed by atoms with Crippen LogP contribution in [-0.2, 0) is 0 Å². The van der Waals surface area contributed by atoms with Crippen molar-refractivity contribution in [3.63, 3.8) is 0 Å². The van der Waals surface area contributed by atoms with Crippen molar-refractivity contribution in [2.75, 3.05) is 13.7 Å². The van der Waals surface area contributed by atoms with Crippen LogP contribution in [0, 0.1) is 11.6 Å². The Labute approximate surface area is 123 Å². The Balaban J connectivity index is 2.50. The summed E-state index contributed by atoms with van der Waals surface area (Å²) in [4.78, 5) is 4.27. The molecule has 5 heteroatoms. The quantitative estimate of drug-likeness (QED) is 0.885. The topological polar surface area (TPSA) is 34.2 Å². The molecule has 2 rings (SSSR count). The van der Waals surface area contributed by atoms with Crippen LogP contribution < -0.4 is 10.1 Å². The van der Waals surface area contributed by atoms with E-state index in [2.05, 4.69) is 10.3 Å². The minimum Gasteiger partial charge on any atom is -0.495 e. The maximum atomic E-state index is 14.1. The Bertz CT molecular complexity index is 605. The summed E-state index contributed by atoms with van der Waals surface area (Å²) in [6, 6.07) is 7.08. The van der Waals surface area contributed by atoms with Crippen LogP contribution in [0.5, 0.6) is 5.75 Å². The van der Waals surface area contributed by atoms with Gasteiger partial charge in [-0.2, -0.15) is 0 Å². The number of hydrogen-bond donors (Lipinski definition) is 1. The first-order chi connectivity index (χ1) is 10.2. The van der Waals surface area contributed by atoms with Gasteiger partial charge in [0, 0.05) is 11.8 Å². The normalized spacial score (nSPS) is 12.2. The number of nitrogens with zero attached hydrogens (tertiary/aromatic N) is 1. The van der Waals surface area contributed by atoms with Crippen LogP contribution in [0.15, 0.2) is 36.5 Å². The lowest BCUT2D eigenvalue weighted by molar-refractivity contribution is 0.397. The molecule has 112 valence electrons. The number of benzene rings is 1.